The minimum absolute atomic E-state index is 0.0689. The molecule has 1 heterocycles. The minimum atomic E-state index is -0.363. The number of aryl methyl sites for hydroxylation is 1. The van der Waals surface area contributed by atoms with Crippen LogP contribution in [-0.4, -0.2) is 20.8 Å². The van der Waals surface area contributed by atoms with E-state index in [2.05, 4.69) is 26.2 Å². The zero-order valence-corrected chi connectivity index (χ0v) is 10.4. The number of nitrogens with zero attached hydrogens (tertiary/aromatic N) is 3. The van der Waals surface area contributed by atoms with E-state index in [-0.39, 0.29) is 11.2 Å². The predicted octanol–water partition coefficient (Wildman–Crippen LogP) is 2.20. The summed E-state index contributed by atoms with van der Waals surface area (Å²) in [6.45, 7) is 5.85. The summed E-state index contributed by atoms with van der Waals surface area (Å²) in [4.78, 5) is 12.1. The van der Waals surface area contributed by atoms with Crippen LogP contribution in [0.2, 0.25) is 0 Å². The summed E-state index contributed by atoms with van der Waals surface area (Å²) in [5.41, 5.74) is 0.176. The highest BCUT2D eigenvalue weighted by molar-refractivity contribution is 9.10. The first-order valence-corrected chi connectivity index (χ1v) is 5.29. The molecule has 0 bridgehead atoms. The lowest BCUT2D eigenvalue weighted by molar-refractivity contribution is 0.0821. The zero-order chi connectivity index (χ0) is 10.9. The maximum atomic E-state index is 12.1. The van der Waals surface area contributed by atoms with Gasteiger partial charge < -0.3 is 0 Å². The van der Waals surface area contributed by atoms with Crippen molar-refractivity contribution in [1.29, 1.82) is 0 Å². The largest absolute Gasteiger partial charge is 0.292 e. The maximum Gasteiger partial charge on any atom is 0.189 e. The Labute approximate surface area is 91.8 Å². The standard InChI is InChI=1S/C9H14BrN3O/c1-5-9(2,3)7(14)6-8(10)11-12-13(6)4/h5H2,1-4H3. The van der Waals surface area contributed by atoms with Gasteiger partial charge in [-0.1, -0.05) is 26.0 Å². The number of aromatic nitrogens is 3. The summed E-state index contributed by atoms with van der Waals surface area (Å²) in [5, 5.41) is 7.58. The monoisotopic (exact) mass is 259 g/mol. The fourth-order valence-electron chi connectivity index (χ4n) is 1.05. The molecule has 1 rings (SSSR count). The van der Waals surface area contributed by atoms with Crippen LogP contribution >= 0.6 is 15.9 Å². The lowest BCUT2D eigenvalue weighted by Gasteiger charge is -2.20. The second-order valence-corrected chi connectivity index (χ2v) is 4.67. The molecule has 1 aromatic rings. The van der Waals surface area contributed by atoms with Crippen molar-refractivity contribution in [3.63, 3.8) is 0 Å². The van der Waals surface area contributed by atoms with E-state index >= 15 is 0 Å². The summed E-state index contributed by atoms with van der Waals surface area (Å²) in [6.07, 6.45) is 0.795. The molecule has 78 valence electrons. The van der Waals surface area contributed by atoms with Crippen LogP contribution in [0.1, 0.15) is 37.7 Å². The second-order valence-electron chi connectivity index (χ2n) is 3.92. The molecule has 0 aliphatic carbocycles. The Morgan fingerprint density at radius 2 is 2.14 bits per heavy atom. The Morgan fingerprint density at radius 1 is 1.57 bits per heavy atom. The Bertz CT molecular complexity index is 337. The molecule has 1 aromatic heterocycles. The zero-order valence-electron chi connectivity index (χ0n) is 8.83. The summed E-state index contributed by atoms with van der Waals surface area (Å²) in [7, 11) is 1.72. The van der Waals surface area contributed by atoms with Crippen molar-refractivity contribution in [2.75, 3.05) is 0 Å². The molecule has 0 aliphatic rings. The number of carbonyl (C=O) groups excluding carboxylic acids is 1. The average molecular weight is 260 g/mol. The van der Waals surface area contributed by atoms with Gasteiger partial charge in [-0.2, -0.15) is 0 Å². The van der Waals surface area contributed by atoms with Gasteiger partial charge in [-0.3, -0.25) is 4.79 Å². The smallest absolute Gasteiger partial charge is 0.189 e. The first-order valence-electron chi connectivity index (χ1n) is 4.50. The van der Waals surface area contributed by atoms with Gasteiger partial charge in [0.2, 0.25) is 0 Å². The molecule has 0 radical (unpaired) electrons. The second kappa shape index (κ2) is 3.81. The molecule has 0 amide bonds. The number of halogens is 1. The number of ketones is 1. The molecule has 5 heteroatoms. The van der Waals surface area contributed by atoms with Crippen LogP contribution in [0.25, 0.3) is 0 Å². The van der Waals surface area contributed by atoms with Crippen molar-refractivity contribution >= 4 is 21.7 Å². The Kier molecular flexibility index (Phi) is 3.09. The molecule has 0 atom stereocenters. The predicted molar refractivity (Wildman–Crippen MR) is 57.1 cm³/mol. The van der Waals surface area contributed by atoms with Gasteiger partial charge in [0.05, 0.1) is 0 Å². The lowest BCUT2D eigenvalue weighted by atomic mass is 9.84. The highest BCUT2D eigenvalue weighted by Crippen LogP contribution is 2.27. The van der Waals surface area contributed by atoms with Crippen LogP contribution in [0.4, 0.5) is 0 Å². The van der Waals surface area contributed by atoms with Gasteiger partial charge in [0.15, 0.2) is 10.4 Å². The van der Waals surface area contributed by atoms with Crippen LogP contribution in [0.3, 0.4) is 0 Å². The van der Waals surface area contributed by atoms with Crippen LogP contribution in [0.5, 0.6) is 0 Å². The SMILES string of the molecule is CCC(C)(C)C(=O)c1c(Br)nnn1C. The van der Waals surface area contributed by atoms with Crippen molar-refractivity contribution in [3.8, 4) is 0 Å². The van der Waals surface area contributed by atoms with E-state index in [1.807, 2.05) is 20.8 Å². The molecule has 4 nitrogen and oxygen atoms in total. The van der Waals surface area contributed by atoms with Crippen molar-refractivity contribution in [1.82, 2.24) is 15.0 Å². The Hall–Kier alpha value is -0.710. The van der Waals surface area contributed by atoms with E-state index in [4.69, 9.17) is 0 Å². The van der Waals surface area contributed by atoms with Gasteiger partial charge in [-0.15, -0.1) is 5.10 Å². The van der Waals surface area contributed by atoms with Crippen LogP contribution in [0, 0.1) is 5.41 Å². The van der Waals surface area contributed by atoms with Gasteiger partial charge in [0.25, 0.3) is 0 Å². The molecule has 0 saturated carbocycles. The first-order chi connectivity index (χ1) is 6.40. The molecule has 0 unspecified atom stereocenters. The highest BCUT2D eigenvalue weighted by Gasteiger charge is 2.31. The lowest BCUT2D eigenvalue weighted by Crippen LogP contribution is -2.25. The average Bonchev–Trinajstić information content (AvgIpc) is 2.45. The van der Waals surface area contributed by atoms with Gasteiger partial charge in [0, 0.05) is 12.5 Å². The molecule has 0 fully saturated rings. The molecule has 14 heavy (non-hydrogen) atoms. The van der Waals surface area contributed by atoms with E-state index in [0.717, 1.165) is 6.42 Å². The van der Waals surface area contributed by atoms with Crippen molar-refractivity contribution in [2.45, 2.75) is 27.2 Å². The molecule has 0 spiro atoms. The van der Waals surface area contributed by atoms with E-state index in [1.165, 1.54) is 4.68 Å². The molecule has 0 saturated heterocycles. The topological polar surface area (TPSA) is 47.8 Å². The molecule has 0 N–H and O–H groups in total. The third-order valence-corrected chi connectivity index (χ3v) is 3.03. The van der Waals surface area contributed by atoms with E-state index in [0.29, 0.717) is 10.3 Å². The van der Waals surface area contributed by atoms with E-state index in [1.54, 1.807) is 7.05 Å². The van der Waals surface area contributed by atoms with Crippen molar-refractivity contribution in [3.05, 3.63) is 10.3 Å². The summed E-state index contributed by atoms with van der Waals surface area (Å²) in [6, 6.07) is 0. The fraction of sp³-hybridized carbons (Fsp3) is 0.667. The number of rotatable bonds is 3. The van der Waals surface area contributed by atoms with Crippen LogP contribution in [0.15, 0.2) is 4.60 Å². The fourth-order valence-corrected chi connectivity index (χ4v) is 1.56. The number of hydrogen-bond acceptors (Lipinski definition) is 3. The maximum absolute atomic E-state index is 12.1. The molecular formula is C9H14BrN3O. The van der Waals surface area contributed by atoms with E-state index in [9.17, 15) is 4.79 Å². The number of carbonyl (C=O) groups is 1. The van der Waals surface area contributed by atoms with Crippen molar-refractivity contribution in [2.24, 2.45) is 12.5 Å². The van der Waals surface area contributed by atoms with Gasteiger partial charge >= 0.3 is 0 Å². The first kappa shape index (κ1) is 11.4. The van der Waals surface area contributed by atoms with Gasteiger partial charge in [-0.05, 0) is 22.4 Å². The number of Topliss-reactive ketones (excluding diaryl/α,β-unsaturated/α-hetero) is 1. The van der Waals surface area contributed by atoms with Crippen LogP contribution in [-0.2, 0) is 7.05 Å². The molecule has 0 aromatic carbocycles. The summed E-state index contributed by atoms with van der Waals surface area (Å²) >= 11 is 3.22. The van der Waals surface area contributed by atoms with Crippen LogP contribution < -0.4 is 0 Å². The quantitative estimate of drug-likeness (QED) is 0.783. The van der Waals surface area contributed by atoms with Gasteiger partial charge in [-0.25, -0.2) is 4.68 Å². The molecule has 0 aliphatic heterocycles. The Balaban J connectivity index is 3.13. The third kappa shape index (κ3) is 1.87. The summed E-state index contributed by atoms with van der Waals surface area (Å²) < 4.78 is 2.02. The third-order valence-electron chi connectivity index (χ3n) is 2.50. The summed E-state index contributed by atoms with van der Waals surface area (Å²) in [5.74, 6) is 0.0689. The Morgan fingerprint density at radius 3 is 2.50 bits per heavy atom. The highest BCUT2D eigenvalue weighted by atomic mass is 79.9. The molecular weight excluding hydrogens is 246 g/mol. The normalized spacial score (nSPS) is 11.8. The minimum Gasteiger partial charge on any atom is -0.292 e. The number of hydrogen-bond donors (Lipinski definition) is 0. The van der Waals surface area contributed by atoms with Crippen molar-refractivity contribution < 1.29 is 4.79 Å². The van der Waals surface area contributed by atoms with E-state index < -0.39 is 0 Å². The van der Waals surface area contributed by atoms with Gasteiger partial charge in [0.1, 0.15) is 5.69 Å².